The molecule has 6 heteroatoms. The molecule has 0 spiro atoms. The predicted octanol–water partition coefficient (Wildman–Crippen LogP) is 3.44. The lowest BCUT2D eigenvalue weighted by Crippen LogP contribution is -2.28. The van der Waals surface area contributed by atoms with Gasteiger partial charge in [0, 0.05) is 11.4 Å². The number of hydrogen-bond donors (Lipinski definition) is 2. The van der Waals surface area contributed by atoms with Crippen LogP contribution in [0.2, 0.25) is 0 Å². The molecule has 20 heavy (non-hydrogen) atoms. The molecule has 0 aliphatic carbocycles. The summed E-state index contributed by atoms with van der Waals surface area (Å²) in [6.45, 7) is 2.15. The summed E-state index contributed by atoms with van der Waals surface area (Å²) in [7, 11) is 0. The van der Waals surface area contributed by atoms with Crippen molar-refractivity contribution in [3.63, 3.8) is 0 Å². The minimum absolute atomic E-state index is 0.220. The number of hydrogen-bond acceptors (Lipinski definition) is 4. The Kier molecular flexibility index (Phi) is 4.47. The fraction of sp³-hybridized carbons (Fsp3) is 0.143. The Labute approximate surface area is 120 Å². The van der Waals surface area contributed by atoms with Crippen molar-refractivity contribution in [1.29, 1.82) is 0 Å². The van der Waals surface area contributed by atoms with Gasteiger partial charge in [0.05, 0.1) is 11.9 Å². The molecule has 0 atom stereocenters. The predicted molar refractivity (Wildman–Crippen MR) is 77.5 cm³/mol. The molecule has 0 saturated heterocycles. The third kappa shape index (κ3) is 3.42. The van der Waals surface area contributed by atoms with Crippen LogP contribution in [0.5, 0.6) is 5.75 Å². The summed E-state index contributed by atoms with van der Waals surface area (Å²) < 4.78 is 0. The Morgan fingerprint density at radius 3 is 2.45 bits per heavy atom. The first kappa shape index (κ1) is 14.2. The number of pyridine rings is 1. The second-order valence-corrected chi connectivity index (χ2v) is 5.07. The number of aromatic hydroxyl groups is 1. The minimum Gasteiger partial charge on any atom is -0.508 e. The fourth-order valence-corrected chi connectivity index (χ4v) is 2.41. The number of rotatable bonds is 4. The summed E-state index contributed by atoms with van der Waals surface area (Å²) in [6, 6.07) is 10.3. The van der Waals surface area contributed by atoms with Crippen molar-refractivity contribution in [1.82, 2.24) is 4.98 Å². The van der Waals surface area contributed by atoms with Gasteiger partial charge in [-0.1, -0.05) is 11.8 Å². The summed E-state index contributed by atoms with van der Waals surface area (Å²) in [5.41, 5.74) is 0.551. The van der Waals surface area contributed by atoms with Crippen LogP contribution in [0.4, 0.5) is 10.5 Å². The van der Waals surface area contributed by atoms with Crippen LogP contribution in [0.3, 0.4) is 0 Å². The first-order valence-electron chi connectivity index (χ1n) is 6.03. The van der Waals surface area contributed by atoms with E-state index in [4.69, 9.17) is 5.11 Å². The highest BCUT2D eigenvalue weighted by molar-refractivity contribution is 7.99. The van der Waals surface area contributed by atoms with E-state index in [1.165, 1.54) is 16.7 Å². The molecule has 2 N–H and O–H groups in total. The van der Waals surface area contributed by atoms with Crippen molar-refractivity contribution >= 4 is 23.5 Å². The number of nitrogens with zero attached hydrogens (tertiary/aromatic N) is 2. The first-order valence-corrected chi connectivity index (χ1v) is 6.85. The third-order valence-electron chi connectivity index (χ3n) is 2.64. The highest BCUT2D eigenvalue weighted by Crippen LogP contribution is 2.28. The maximum Gasteiger partial charge on any atom is 0.411 e. The van der Waals surface area contributed by atoms with E-state index >= 15 is 0 Å². The molecule has 1 aromatic heterocycles. The van der Waals surface area contributed by atoms with Crippen molar-refractivity contribution in [2.24, 2.45) is 0 Å². The van der Waals surface area contributed by atoms with Gasteiger partial charge in [0.1, 0.15) is 10.8 Å². The minimum atomic E-state index is -0.992. The molecule has 104 valence electrons. The summed E-state index contributed by atoms with van der Waals surface area (Å²) in [5, 5.41) is 19.0. The summed E-state index contributed by atoms with van der Waals surface area (Å²) in [4.78, 5) is 17.4. The van der Waals surface area contributed by atoms with Crippen LogP contribution in [0.25, 0.3) is 0 Å². The lowest BCUT2D eigenvalue weighted by Gasteiger charge is -2.16. The first-order chi connectivity index (χ1) is 9.60. The van der Waals surface area contributed by atoms with Crippen molar-refractivity contribution in [2.45, 2.75) is 16.8 Å². The molecule has 0 fully saturated rings. The van der Waals surface area contributed by atoms with Gasteiger partial charge in [-0.25, -0.2) is 9.78 Å². The maximum atomic E-state index is 11.0. The zero-order valence-electron chi connectivity index (χ0n) is 10.9. The quantitative estimate of drug-likeness (QED) is 0.902. The number of carbonyl (C=O) groups is 1. The smallest absolute Gasteiger partial charge is 0.411 e. The third-order valence-corrected chi connectivity index (χ3v) is 3.60. The summed E-state index contributed by atoms with van der Waals surface area (Å²) >= 11 is 1.44. The zero-order chi connectivity index (χ0) is 14.5. The molecule has 0 bridgehead atoms. The average molecular weight is 290 g/mol. The number of aromatic nitrogens is 1. The second-order valence-electron chi connectivity index (χ2n) is 3.98. The van der Waals surface area contributed by atoms with Crippen LogP contribution in [0.1, 0.15) is 6.92 Å². The van der Waals surface area contributed by atoms with Crippen LogP contribution in [-0.2, 0) is 0 Å². The van der Waals surface area contributed by atoms with Gasteiger partial charge in [0.2, 0.25) is 0 Å². The Hall–Kier alpha value is -2.21. The Balaban J connectivity index is 2.12. The monoisotopic (exact) mass is 290 g/mol. The van der Waals surface area contributed by atoms with Crippen molar-refractivity contribution in [3.05, 3.63) is 42.6 Å². The van der Waals surface area contributed by atoms with E-state index in [2.05, 4.69) is 4.98 Å². The lowest BCUT2D eigenvalue weighted by molar-refractivity contribution is 0.202. The highest BCUT2D eigenvalue weighted by atomic mass is 32.2. The van der Waals surface area contributed by atoms with Gasteiger partial charge in [-0.3, -0.25) is 4.90 Å². The van der Waals surface area contributed by atoms with E-state index in [0.29, 0.717) is 12.2 Å². The van der Waals surface area contributed by atoms with Gasteiger partial charge in [-0.15, -0.1) is 0 Å². The Morgan fingerprint density at radius 2 is 1.95 bits per heavy atom. The second kappa shape index (κ2) is 6.29. The van der Waals surface area contributed by atoms with Gasteiger partial charge < -0.3 is 10.2 Å². The largest absolute Gasteiger partial charge is 0.508 e. The molecular weight excluding hydrogens is 276 g/mol. The maximum absolute atomic E-state index is 11.0. The molecule has 1 heterocycles. The molecular formula is C14H14N2O3S. The van der Waals surface area contributed by atoms with Crippen molar-refractivity contribution in [2.75, 3.05) is 11.4 Å². The van der Waals surface area contributed by atoms with Crippen LogP contribution < -0.4 is 4.90 Å². The number of carboxylic acid groups (broad SMARTS) is 1. The molecule has 2 rings (SSSR count). The van der Waals surface area contributed by atoms with E-state index in [0.717, 1.165) is 9.92 Å². The van der Waals surface area contributed by atoms with E-state index < -0.39 is 6.09 Å². The Bertz CT molecular complexity index is 584. The molecule has 5 nitrogen and oxygen atoms in total. The summed E-state index contributed by atoms with van der Waals surface area (Å²) in [5.74, 6) is 0.220. The summed E-state index contributed by atoms with van der Waals surface area (Å²) in [6.07, 6.45) is 0.550. The number of benzene rings is 1. The van der Waals surface area contributed by atoms with Gasteiger partial charge in [-0.2, -0.15) is 0 Å². The molecule has 1 aromatic carbocycles. The van der Waals surface area contributed by atoms with Crippen molar-refractivity contribution < 1.29 is 15.0 Å². The number of anilines is 1. The van der Waals surface area contributed by atoms with E-state index in [1.807, 2.05) is 0 Å². The van der Waals surface area contributed by atoms with Gasteiger partial charge >= 0.3 is 6.09 Å². The van der Waals surface area contributed by atoms with Crippen LogP contribution in [0, 0.1) is 0 Å². The Morgan fingerprint density at radius 1 is 1.25 bits per heavy atom. The lowest BCUT2D eigenvalue weighted by atomic mass is 10.3. The molecule has 0 aliphatic heterocycles. The topological polar surface area (TPSA) is 73.7 Å². The van der Waals surface area contributed by atoms with Crippen LogP contribution >= 0.6 is 11.8 Å². The molecule has 0 saturated carbocycles. The molecule has 0 aliphatic rings. The van der Waals surface area contributed by atoms with Gasteiger partial charge in [0.15, 0.2) is 0 Å². The van der Waals surface area contributed by atoms with Gasteiger partial charge in [0.25, 0.3) is 0 Å². The standard InChI is InChI=1S/C14H14N2O3S/c1-2-16(14(18)19)10-3-8-13(15-9-10)20-12-6-4-11(17)5-7-12/h3-9,17H,2H2,1H3,(H,18,19). The van der Waals surface area contributed by atoms with E-state index in [-0.39, 0.29) is 5.75 Å². The van der Waals surface area contributed by atoms with Crippen LogP contribution in [0.15, 0.2) is 52.5 Å². The number of phenols is 1. The number of phenolic OH excluding ortho intramolecular Hbond substituents is 1. The SMILES string of the molecule is CCN(C(=O)O)c1ccc(Sc2ccc(O)cc2)nc1. The van der Waals surface area contributed by atoms with Crippen LogP contribution in [-0.4, -0.2) is 27.8 Å². The number of amides is 1. The fourth-order valence-electron chi connectivity index (χ4n) is 1.66. The van der Waals surface area contributed by atoms with Crippen molar-refractivity contribution in [3.8, 4) is 5.75 Å². The molecule has 2 aromatic rings. The molecule has 1 amide bonds. The molecule has 0 unspecified atom stereocenters. The van der Waals surface area contributed by atoms with E-state index in [1.54, 1.807) is 49.5 Å². The molecule has 0 radical (unpaired) electrons. The van der Waals surface area contributed by atoms with E-state index in [9.17, 15) is 9.90 Å². The average Bonchev–Trinajstić information content (AvgIpc) is 2.44. The highest BCUT2D eigenvalue weighted by Gasteiger charge is 2.12. The normalized spacial score (nSPS) is 10.2. The van der Waals surface area contributed by atoms with Gasteiger partial charge in [-0.05, 0) is 43.3 Å². The zero-order valence-corrected chi connectivity index (χ0v) is 11.7.